The van der Waals surface area contributed by atoms with Crippen LogP contribution in [0.3, 0.4) is 0 Å². The first kappa shape index (κ1) is 29.6. The first-order valence-corrected chi connectivity index (χ1v) is 13.5. The fraction of sp³-hybridized carbons (Fsp3) is 0.357. The third-order valence-corrected chi connectivity index (χ3v) is 6.93. The highest BCUT2D eigenvalue weighted by Crippen LogP contribution is 2.30. The number of pyridine rings is 1. The highest BCUT2D eigenvalue weighted by atomic mass is 32.1. The number of carbonyl (C=O) groups excluding carboxylic acids is 1. The van der Waals surface area contributed by atoms with Gasteiger partial charge in [-0.15, -0.1) is 0 Å². The predicted molar refractivity (Wildman–Crippen MR) is 158 cm³/mol. The quantitative estimate of drug-likeness (QED) is 0.259. The Labute approximate surface area is 232 Å². The fourth-order valence-electron chi connectivity index (χ4n) is 3.70. The number of rotatable bonds is 7. The third kappa shape index (κ3) is 7.55. The number of ether oxygens (including phenoxy) is 1. The number of hydrogen-bond acceptors (Lipinski definition) is 10. The van der Waals surface area contributed by atoms with Gasteiger partial charge in [0.05, 0.1) is 11.2 Å². The van der Waals surface area contributed by atoms with E-state index < -0.39 is 0 Å². The largest absolute Gasteiger partial charge is 0.476 e. The average Bonchev–Trinajstić information content (AvgIpc) is 3.63. The van der Waals surface area contributed by atoms with Crippen LogP contribution in [0.4, 0.5) is 11.5 Å². The van der Waals surface area contributed by atoms with E-state index in [1.165, 1.54) is 0 Å². The molecule has 5 rings (SSSR count). The van der Waals surface area contributed by atoms with Crippen molar-refractivity contribution in [3.05, 3.63) is 54.4 Å². The standard InChI is InChI=1S/C20H23N5OS.C7H12N2O.CH2O/c1-3-24(4-2)11-12-26-18-10-9-17-19(23-18)27-20-22-16(13-25(17)20)14-5-7-15(21)8-6-14;1-7(2,3)5-4-6(8)9-10-5;1-2/h5-10,13H,3-4,11-12,21H2,1-2H3;4H,1-3H3,(H2,8,9);1H2. The molecule has 0 saturated heterocycles. The Morgan fingerprint density at radius 1 is 1.05 bits per heavy atom. The second kappa shape index (κ2) is 13.2. The van der Waals surface area contributed by atoms with Crippen molar-refractivity contribution in [2.24, 2.45) is 0 Å². The maximum absolute atomic E-state index is 8.00. The van der Waals surface area contributed by atoms with Crippen LogP contribution in [0.2, 0.25) is 0 Å². The molecule has 39 heavy (non-hydrogen) atoms. The Kier molecular flexibility index (Phi) is 10.0. The van der Waals surface area contributed by atoms with E-state index in [-0.39, 0.29) is 5.41 Å². The molecule has 0 fully saturated rings. The molecular weight excluding hydrogens is 514 g/mol. The SMILES string of the molecule is C=O.CC(C)(C)c1cc(N)no1.CCN(CC)CCOc1ccc2c(n1)sc1nc(-c3ccc(N)cc3)cn12. The monoisotopic (exact) mass is 551 g/mol. The molecule has 4 aromatic heterocycles. The lowest BCUT2D eigenvalue weighted by molar-refractivity contribution is -0.0980. The number of nitrogen functional groups attached to an aromatic ring is 2. The van der Waals surface area contributed by atoms with Crippen LogP contribution in [-0.2, 0) is 10.2 Å². The smallest absolute Gasteiger partial charge is 0.214 e. The third-order valence-electron chi connectivity index (χ3n) is 5.96. The average molecular weight is 552 g/mol. The minimum absolute atomic E-state index is 0.00458. The van der Waals surface area contributed by atoms with Gasteiger partial charge in [-0.2, -0.15) is 0 Å². The van der Waals surface area contributed by atoms with E-state index in [9.17, 15) is 0 Å². The molecule has 0 saturated carbocycles. The fourth-order valence-corrected chi connectivity index (χ4v) is 4.68. The molecule has 1 aromatic carbocycles. The summed E-state index contributed by atoms with van der Waals surface area (Å²) in [6.45, 7) is 16.1. The van der Waals surface area contributed by atoms with Gasteiger partial charge in [0.15, 0.2) is 10.8 Å². The molecule has 0 atom stereocenters. The molecule has 4 heterocycles. The van der Waals surface area contributed by atoms with E-state index in [4.69, 9.17) is 30.5 Å². The van der Waals surface area contributed by atoms with E-state index in [0.29, 0.717) is 18.3 Å². The van der Waals surface area contributed by atoms with Crippen LogP contribution in [0, 0.1) is 0 Å². The Bertz CT molecular complexity index is 1460. The van der Waals surface area contributed by atoms with E-state index >= 15 is 0 Å². The van der Waals surface area contributed by atoms with Crippen molar-refractivity contribution < 1.29 is 14.1 Å². The lowest BCUT2D eigenvalue weighted by atomic mass is 9.93. The number of thiazole rings is 1. The summed E-state index contributed by atoms with van der Waals surface area (Å²) in [4.78, 5) is 21.6. The van der Waals surface area contributed by atoms with E-state index in [1.807, 2.05) is 70.2 Å². The van der Waals surface area contributed by atoms with Crippen molar-refractivity contribution in [1.29, 1.82) is 0 Å². The zero-order valence-electron chi connectivity index (χ0n) is 23.2. The topological polar surface area (TPSA) is 138 Å². The lowest BCUT2D eigenvalue weighted by Gasteiger charge is -2.17. The van der Waals surface area contributed by atoms with Gasteiger partial charge in [0.1, 0.15) is 24.0 Å². The summed E-state index contributed by atoms with van der Waals surface area (Å²) in [6.07, 6.45) is 2.04. The normalized spacial score (nSPS) is 11.2. The number of benzene rings is 1. The summed E-state index contributed by atoms with van der Waals surface area (Å²) in [5.74, 6) is 1.94. The molecule has 10 nitrogen and oxygen atoms in total. The molecule has 0 aliphatic heterocycles. The van der Waals surface area contributed by atoms with Crippen LogP contribution in [0.25, 0.3) is 26.6 Å². The summed E-state index contributed by atoms with van der Waals surface area (Å²) < 4.78 is 12.9. The number of imidazole rings is 1. The summed E-state index contributed by atoms with van der Waals surface area (Å²) in [7, 11) is 0. The Morgan fingerprint density at radius 3 is 2.31 bits per heavy atom. The van der Waals surface area contributed by atoms with Crippen molar-refractivity contribution in [2.45, 2.75) is 40.0 Å². The number of fused-ring (bicyclic) bond motifs is 3. The number of nitrogens with zero attached hydrogens (tertiary/aromatic N) is 5. The number of likely N-dealkylation sites (N-methyl/N-ethyl adjacent to an activating group) is 1. The van der Waals surface area contributed by atoms with Crippen molar-refractivity contribution >= 4 is 44.9 Å². The van der Waals surface area contributed by atoms with E-state index in [2.05, 4.69) is 33.3 Å². The minimum atomic E-state index is 0.00458. The number of aromatic nitrogens is 4. The molecule has 0 aliphatic rings. The van der Waals surface area contributed by atoms with Crippen LogP contribution in [0.1, 0.15) is 40.4 Å². The van der Waals surface area contributed by atoms with Gasteiger partial charge in [0, 0.05) is 41.5 Å². The first-order chi connectivity index (χ1) is 18.7. The molecule has 0 amide bonds. The van der Waals surface area contributed by atoms with Crippen LogP contribution < -0.4 is 16.2 Å². The highest BCUT2D eigenvalue weighted by Gasteiger charge is 2.18. The van der Waals surface area contributed by atoms with Gasteiger partial charge in [0.2, 0.25) is 5.88 Å². The lowest BCUT2D eigenvalue weighted by Crippen LogP contribution is -2.28. The molecule has 11 heteroatoms. The maximum atomic E-state index is 8.00. The van der Waals surface area contributed by atoms with Crippen LogP contribution in [0.5, 0.6) is 5.88 Å². The van der Waals surface area contributed by atoms with Gasteiger partial charge in [-0.25, -0.2) is 9.97 Å². The zero-order valence-corrected chi connectivity index (χ0v) is 24.0. The summed E-state index contributed by atoms with van der Waals surface area (Å²) >= 11 is 1.57. The van der Waals surface area contributed by atoms with Crippen LogP contribution in [-0.4, -0.2) is 57.5 Å². The maximum Gasteiger partial charge on any atom is 0.214 e. The molecular formula is C28H37N7O3S. The molecule has 5 aromatic rings. The van der Waals surface area contributed by atoms with Gasteiger partial charge < -0.3 is 30.4 Å². The Hall–Kier alpha value is -3.96. The molecule has 4 N–H and O–H groups in total. The number of anilines is 2. The van der Waals surface area contributed by atoms with Crippen LogP contribution in [0.15, 0.2) is 53.2 Å². The Morgan fingerprint density at radius 2 is 1.74 bits per heavy atom. The molecule has 0 unspecified atom stereocenters. The van der Waals surface area contributed by atoms with Crippen molar-refractivity contribution in [3.8, 4) is 17.1 Å². The Balaban J connectivity index is 0.000000294. The second-order valence-corrected chi connectivity index (χ2v) is 10.7. The second-order valence-electron chi connectivity index (χ2n) is 9.72. The number of nitrogens with two attached hydrogens (primary N) is 2. The van der Waals surface area contributed by atoms with E-state index in [0.717, 1.165) is 57.6 Å². The predicted octanol–water partition coefficient (Wildman–Crippen LogP) is 5.28. The van der Waals surface area contributed by atoms with Crippen molar-refractivity contribution in [1.82, 2.24) is 24.4 Å². The molecule has 208 valence electrons. The van der Waals surface area contributed by atoms with Crippen LogP contribution >= 0.6 is 11.3 Å². The summed E-state index contributed by atoms with van der Waals surface area (Å²) in [5, 5.41) is 3.59. The van der Waals surface area contributed by atoms with Gasteiger partial charge in [-0.1, -0.05) is 63.2 Å². The summed E-state index contributed by atoms with van der Waals surface area (Å²) in [5.41, 5.74) is 14.9. The first-order valence-electron chi connectivity index (χ1n) is 12.7. The highest BCUT2D eigenvalue weighted by molar-refractivity contribution is 7.23. The van der Waals surface area contributed by atoms with Gasteiger partial charge >= 0.3 is 0 Å². The van der Waals surface area contributed by atoms with E-state index in [1.54, 1.807) is 17.4 Å². The summed E-state index contributed by atoms with van der Waals surface area (Å²) in [6, 6.07) is 13.5. The van der Waals surface area contributed by atoms with Crippen molar-refractivity contribution in [2.75, 3.05) is 37.7 Å². The van der Waals surface area contributed by atoms with Gasteiger partial charge in [-0.05, 0) is 31.3 Å². The molecule has 0 spiro atoms. The number of hydrogen-bond donors (Lipinski definition) is 2. The van der Waals surface area contributed by atoms with Crippen molar-refractivity contribution in [3.63, 3.8) is 0 Å². The zero-order chi connectivity index (χ0) is 28.6. The molecule has 0 aliphatic carbocycles. The molecule has 0 bridgehead atoms. The number of carbonyl (C=O) groups is 1. The van der Waals surface area contributed by atoms with Gasteiger partial charge in [0.25, 0.3) is 0 Å². The molecule has 0 radical (unpaired) electrons. The minimum Gasteiger partial charge on any atom is -0.476 e. The van der Waals surface area contributed by atoms with Gasteiger partial charge in [-0.3, -0.25) is 4.40 Å².